The van der Waals surface area contributed by atoms with Crippen LogP contribution >= 0.6 is 11.8 Å². The minimum Gasteiger partial charge on any atom is -0.492 e. The summed E-state index contributed by atoms with van der Waals surface area (Å²) in [6, 6.07) is 11.9. The molecule has 1 atom stereocenters. The number of nitrogens with zero attached hydrogens (tertiary/aromatic N) is 2. The summed E-state index contributed by atoms with van der Waals surface area (Å²) in [4.78, 5) is 28.5. The molecule has 2 amide bonds. The number of benzene rings is 2. The van der Waals surface area contributed by atoms with Crippen molar-refractivity contribution in [2.24, 2.45) is 5.92 Å². The Labute approximate surface area is 209 Å². The van der Waals surface area contributed by atoms with Gasteiger partial charge in [0.05, 0.1) is 36.1 Å². The van der Waals surface area contributed by atoms with E-state index in [-0.39, 0.29) is 36.4 Å². The van der Waals surface area contributed by atoms with Gasteiger partial charge in [-0.2, -0.15) is 4.31 Å². The van der Waals surface area contributed by atoms with Crippen molar-refractivity contribution in [1.29, 1.82) is 0 Å². The van der Waals surface area contributed by atoms with Gasteiger partial charge in [0.25, 0.3) is 0 Å². The van der Waals surface area contributed by atoms with E-state index in [0.29, 0.717) is 42.7 Å². The molecule has 0 aromatic heterocycles. The lowest BCUT2D eigenvalue weighted by molar-refractivity contribution is -0.123. The Hall–Kier alpha value is -2.60. The number of morpholine rings is 1. The van der Waals surface area contributed by atoms with Gasteiger partial charge in [-0.25, -0.2) is 8.42 Å². The van der Waals surface area contributed by atoms with Crippen molar-refractivity contribution in [2.75, 3.05) is 55.4 Å². The van der Waals surface area contributed by atoms with Crippen LogP contribution in [-0.2, 0) is 24.3 Å². The molecule has 1 saturated heterocycles. The molecule has 9 nitrogen and oxygen atoms in total. The summed E-state index contributed by atoms with van der Waals surface area (Å²) in [6.45, 7) is 5.08. The highest BCUT2D eigenvalue weighted by Crippen LogP contribution is 2.38. The molecule has 2 heterocycles. The molecular formula is C24H29N3O6S2. The van der Waals surface area contributed by atoms with Crippen LogP contribution in [0.2, 0.25) is 0 Å². The number of anilines is 2. The van der Waals surface area contributed by atoms with Gasteiger partial charge in [-0.1, -0.05) is 19.1 Å². The van der Waals surface area contributed by atoms with Crippen molar-refractivity contribution in [2.45, 2.75) is 23.6 Å². The van der Waals surface area contributed by atoms with Gasteiger partial charge in [-0.05, 0) is 37.3 Å². The van der Waals surface area contributed by atoms with Crippen molar-refractivity contribution in [3.05, 3.63) is 42.5 Å². The second-order valence-corrected chi connectivity index (χ2v) is 11.3. The molecule has 2 aliphatic heterocycles. The number of sulfonamides is 1. The van der Waals surface area contributed by atoms with Crippen LogP contribution in [0.25, 0.3) is 0 Å². The number of thioether (sulfide) groups is 1. The topological polar surface area (TPSA) is 105 Å². The summed E-state index contributed by atoms with van der Waals surface area (Å²) >= 11 is 1.48. The maximum atomic E-state index is 13.3. The summed E-state index contributed by atoms with van der Waals surface area (Å²) in [7, 11) is -3.76. The standard InChI is InChI=1S/C24H29N3O6S2/c1-3-33-21-7-5-4-6-19(21)25-23(28)15-27-20-14-18(35(30,31)26-10-12-32-13-11-26)8-9-22(20)34-16-17(2)24(27)29/h4-9,14,17H,3,10-13,15-16H2,1-2H3,(H,25,28)/t17-/m1/s1. The lowest BCUT2D eigenvalue weighted by Gasteiger charge is -2.27. The Morgan fingerprint density at radius 2 is 1.94 bits per heavy atom. The Morgan fingerprint density at radius 1 is 1.20 bits per heavy atom. The molecule has 4 rings (SSSR count). The van der Waals surface area contributed by atoms with Gasteiger partial charge < -0.3 is 19.7 Å². The van der Waals surface area contributed by atoms with Gasteiger partial charge in [-0.3, -0.25) is 9.59 Å². The summed E-state index contributed by atoms with van der Waals surface area (Å²) in [5, 5.41) is 2.82. The number of hydrogen-bond acceptors (Lipinski definition) is 7. The van der Waals surface area contributed by atoms with Gasteiger partial charge in [0.1, 0.15) is 12.3 Å². The number of carbonyl (C=O) groups excluding carboxylic acids is 2. The minimum atomic E-state index is -3.76. The SMILES string of the molecule is CCOc1ccccc1NC(=O)CN1C(=O)[C@H](C)CSc2ccc(S(=O)(=O)N3CCOCC3)cc21. The summed E-state index contributed by atoms with van der Waals surface area (Å²) in [5.74, 6) is 0.0959. The molecule has 2 aromatic rings. The summed E-state index contributed by atoms with van der Waals surface area (Å²) in [5.41, 5.74) is 0.930. The van der Waals surface area contributed by atoms with E-state index in [0.717, 1.165) is 4.90 Å². The van der Waals surface area contributed by atoms with Crippen LogP contribution in [0.1, 0.15) is 13.8 Å². The van der Waals surface area contributed by atoms with E-state index in [1.54, 1.807) is 30.3 Å². The molecule has 2 aromatic carbocycles. The third kappa shape index (κ3) is 5.64. The quantitative estimate of drug-likeness (QED) is 0.600. The van der Waals surface area contributed by atoms with Crippen LogP contribution in [0.15, 0.2) is 52.3 Å². The fourth-order valence-corrected chi connectivity index (χ4v) is 6.43. The van der Waals surface area contributed by atoms with Gasteiger partial charge >= 0.3 is 0 Å². The van der Waals surface area contributed by atoms with Crippen LogP contribution in [0.5, 0.6) is 5.75 Å². The molecule has 2 aliphatic rings. The molecule has 0 bridgehead atoms. The smallest absolute Gasteiger partial charge is 0.244 e. The number of ether oxygens (including phenoxy) is 2. The fourth-order valence-electron chi connectivity index (χ4n) is 3.95. The van der Waals surface area contributed by atoms with Crippen molar-refractivity contribution in [1.82, 2.24) is 4.31 Å². The number of carbonyl (C=O) groups is 2. The van der Waals surface area contributed by atoms with Crippen molar-refractivity contribution < 1.29 is 27.5 Å². The highest BCUT2D eigenvalue weighted by molar-refractivity contribution is 7.99. The average Bonchev–Trinajstić information content (AvgIpc) is 2.97. The Kier molecular flexibility index (Phi) is 8.00. The monoisotopic (exact) mass is 519 g/mol. The molecule has 1 fully saturated rings. The zero-order valence-corrected chi connectivity index (χ0v) is 21.4. The summed E-state index contributed by atoms with van der Waals surface area (Å²) < 4.78 is 38.7. The predicted octanol–water partition coefficient (Wildman–Crippen LogP) is 2.82. The summed E-state index contributed by atoms with van der Waals surface area (Å²) in [6.07, 6.45) is 0. The lowest BCUT2D eigenvalue weighted by Crippen LogP contribution is -2.42. The molecule has 188 valence electrons. The van der Waals surface area contributed by atoms with Gasteiger partial charge in [0, 0.05) is 29.7 Å². The third-order valence-electron chi connectivity index (χ3n) is 5.77. The van der Waals surface area contributed by atoms with E-state index in [2.05, 4.69) is 5.32 Å². The van der Waals surface area contributed by atoms with E-state index >= 15 is 0 Å². The van der Waals surface area contributed by atoms with Crippen LogP contribution in [-0.4, -0.2) is 69.7 Å². The highest BCUT2D eigenvalue weighted by atomic mass is 32.2. The second kappa shape index (κ2) is 11.0. The molecule has 35 heavy (non-hydrogen) atoms. The zero-order valence-electron chi connectivity index (χ0n) is 19.7. The van der Waals surface area contributed by atoms with Crippen LogP contribution < -0.4 is 15.0 Å². The number of fused-ring (bicyclic) bond motifs is 1. The number of nitrogens with one attached hydrogen (secondary N) is 1. The lowest BCUT2D eigenvalue weighted by atomic mass is 10.1. The molecular weight excluding hydrogens is 490 g/mol. The van der Waals surface area contributed by atoms with E-state index in [4.69, 9.17) is 9.47 Å². The fraction of sp³-hybridized carbons (Fsp3) is 0.417. The average molecular weight is 520 g/mol. The highest BCUT2D eigenvalue weighted by Gasteiger charge is 2.33. The number of amides is 2. The first kappa shape index (κ1) is 25.5. The van der Waals surface area contributed by atoms with Gasteiger partial charge in [0.15, 0.2) is 0 Å². The van der Waals surface area contributed by atoms with Crippen LogP contribution in [0.3, 0.4) is 0 Å². The van der Waals surface area contributed by atoms with Gasteiger partial charge in [-0.15, -0.1) is 11.8 Å². The molecule has 0 unspecified atom stereocenters. The van der Waals surface area contributed by atoms with Crippen LogP contribution in [0.4, 0.5) is 11.4 Å². The Balaban J connectivity index is 1.64. The first-order chi connectivity index (χ1) is 16.8. The normalized spacial score (nSPS) is 19.1. The van der Waals surface area contributed by atoms with Crippen molar-refractivity contribution in [3.8, 4) is 5.75 Å². The molecule has 0 saturated carbocycles. The maximum Gasteiger partial charge on any atom is 0.244 e. The van der Waals surface area contributed by atoms with E-state index in [1.165, 1.54) is 27.0 Å². The first-order valence-corrected chi connectivity index (χ1v) is 13.9. The second-order valence-electron chi connectivity index (χ2n) is 8.26. The third-order valence-corrected chi connectivity index (χ3v) is 8.99. The molecule has 0 spiro atoms. The van der Waals surface area contributed by atoms with E-state index in [1.807, 2.05) is 19.9 Å². The molecule has 0 aliphatic carbocycles. The molecule has 11 heteroatoms. The largest absolute Gasteiger partial charge is 0.492 e. The Morgan fingerprint density at radius 3 is 2.69 bits per heavy atom. The van der Waals surface area contributed by atoms with Crippen LogP contribution in [0, 0.1) is 5.92 Å². The predicted molar refractivity (Wildman–Crippen MR) is 135 cm³/mol. The maximum absolute atomic E-state index is 13.3. The van der Waals surface area contributed by atoms with Crippen molar-refractivity contribution >= 4 is 45.0 Å². The number of hydrogen-bond donors (Lipinski definition) is 1. The zero-order chi connectivity index (χ0) is 25.0. The minimum absolute atomic E-state index is 0.0909. The number of para-hydroxylation sites is 2. The van der Waals surface area contributed by atoms with Gasteiger partial charge in [0.2, 0.25) is 21.8 Å². The molecule has 1 N–H and O–H groups in total. The van der Waals surface area contributed by atoms with E-state index in [9.17, 15) is 18.0 Å². The number of rotatable bonds is 7. The first-order valence-electron chi connectivity index (χ1n) is 11.5. The molecule has 0 radical (unpaired) electrons. The Bertz CT molecular complexity index is 1200. The van der Waals surface area contributed by atoms with Crippen molar-refractivity contribution in [3.63, 3.8) is 0 Å². The van der Waals surface area contributed by atoms with E-state index < -0.39 is 15.9 Å².